The highest BCUT2D eigenvalue weighted by Gasteiger charge is 2.16. The summed E-state index contributed by atoms with van der Waals surface area (Å²) >= 11 is 0. The highest BCUT2D eigenvalue weighted by molar-refractivity contribution is 5.45. The summed E-state index contributed by atoms with van der Waals surface area (Å²) in [4.78, 5) is 21.0. The lowest BCUT2D eigenvalue weighted by molar-refractivity contribution is 0.122. The maximum absolute atomic E-state index is 5.69. The largest absolute Gasteiger partial charge is 0.478 e. The molecule has 4 aromatic heterocycles. The van der Waals surface area contributed by atoms with Crippen LogP contribution in [0, 0.1) is 0 Å². The molecule has 8 heteroatoms. The lowest BCUT2D eigenvalue weighted by atomic mass is 10.1. The molecule has 1 fully saturated rings. The van der Waals surface area contributed by atoms with E-state index in [1.165, 1.54) is 5.56 Å². The summed E-state index contributed by atoms with van der Waals surface area (Å²) in [5.74, 6) is 2.41. The quantitative estimate of drug-likeness (QED) is 0.354. The normalized spacial score (nSPS) is 14.0. The number of fused-ring (bicyclic) bond motifs is 1. The van der Waals surface area contributed by atoms with Crippen molar-refractivity contribution >= 4 is 11.5 Å². The van der Waals surface area contributed by atoms with E-state index in [9.17, 15) is 0 Å². The Morgan fingerprint density at radius 3 is 2.71 bits per heavy atom. The zero-order valence-electron chi connectivity index (χ0n) is 19.6. The van der Waals surface area contributed by atoms with Crippen molar-refractivity contribution in [3.8, 4) is 5.88 Å². The average molecular weight is 459 g/mol. The van der Waals surface area contributed by atoms with Crippen LogP contribution in [0.2, 0.25) is 0 Å². The molecule has 4 aromatic rings. The molecule has 0 amide bonds. The van der Waals surface area contributed by atoms with Gasteiger partial charge < -0.3 is 18.8 Å². The number of pyridine rings is 2. The minimum Gasteiger partial charge on any atom is -0.478 e. The average Bonchev–Trinajstić information content (AvgIpc) is 3.34. The Morgan fingerprint density at radius 1 is 0.971 bits per heavy atom. The van der Waals surface area contributed by atoms with E-state index >= 15 is 0 Å². The van der Waals surface area contributed by atoms with Gasteiger partial charge in [-0.05, 0) is 29.7 Å². The molecular weight excluding hydrogens is 428 g/mol. The number of aromatic nitrogens is 5. The summed E-state index contributed by atoms with van der Waals surface area (Å²) in [5.41, 5.74) is 4.17. The molecule has 0 radical (unpaired) electrons. The molecule has 8 nitrogen and oxygen atoms in total. The van der Waals surface area contributed by atoms with Crippen LogP contribution in [0.5, 0.6) is 5.88 Å². The molecule has 1 saturated heterocycles. The summed E-state index contributed by atoms with van der Waals surface area (Å²) in [7, 11) is 0. The van der Waals surface area contributed by atoms with Gasteiger partial charge in [-0.2, -0.15) is 0 Å². The van der Waals surface area contributed by atoms with E-state index in [1.54, 1.807) is 0 Å². The fourth-order valence-electron chi connectivity index (χ4n) is 4.04. The second kappa shape index (κ2) is 10.6. The third-order valence-electron chi connectivity index (χ3n) is 5.90. The van der Waals surface area contributed by atoms with E-state index in [0.29, 0.717) is 32.1 Å². The smallest absolute Gasteiger partial charge is 0.213 e. The molecule has 0 unspecified atom stereocenters. The van der Waals surface area contributed by atoms with Crippen molar-refractivity contribution in [2.75, 3.05) is 37.8 Å². The van der Waals surface area contributed by atoms with Crippen LogP contribution in [-0.2, 0) is 17.6 Å². The topological polar surface area (TPSA) is 77.7 Å². The Labute approximate surface area is 199 Å². The predicted molar refractivity (Wildman–Crippen MR) is 131 cm³/mol. The zero-order valence-corrected chi connectivity index (χ0v) is 19.6. The first-order valence-corrected chi connectivity index (χ1v) is 12.0. The Kier molecular flexibility index (Phi) is 6.95. The minimum atomic E-state index is 0.618. The molecule has 34 heavy (non-hydrogen) atoms. The third-order valence-corrected chi connectivity index (χ3v) is 5.90. The summed E-state index contributed by atoms with van der Waals surface area (Å²) in [6.45, 7) is 5.95. The van der Waals surface area contributed by atoms with Crippen LogP contribution in [0.25, 0.3) is 5.65 Å². The second-order valence-corrected chi connectivity index (χ2v) is 8.52. The Hall–Kier alpha value is -3.52. The molecule has 176 valence electrons. The van der Waals surface area contributed by atoms with Gasteiger partial charge in [-0.3, -0.25) is 0 Å². The second-order valence-electron chi connectivity index (χ2n) is 8.52. The number of rotatable bonds is 9. The molecule has 0 aliphatic carbocycles. The van der Waals surface area contributed by atoms with Gasteiger partial charge in [0.25, 0.3) is 0 Å². The van der Waals surface area contributed by atoms with Gasteiger partial charge in [0.15, 0.2) is 0 Å². The molecule has 0 saturated carbocycles. The molecule has 0 atom stereocenters. The number of hydrogen-bond acceptors (Lipinski definition) is 7. The highest BCUT2D eigenvalue weighted by atomic mass is 16.5. The number of morpholine rings is 1. The van der Waals surface area contributed by atoms with Crippen LogP contribution in [0.15, 0.2) is 55.1 Å². The molecule has 5 heterocycles. The van der Waals surface area contributed by atoms with Gasteiger partial charge in [-0.25, -0.2) is 19.9 Å². The molecule has 1 aliphatic heterocycles. The Balaban J connectivity index is 1.37. The van der Waals surface area contributed by atoms with Crippen LogP contribution in [-0.4, -0.2) is 57.2 Å². The lowest BCUT2D eigenvalue weighted by Gasteiger charge is -2.28. The van der Waals surface area contributed by atoms with Crippen LogP contribution >= 0.6 is 0 Å². The van der Waals surface area contributed by atoms with Crippen LogP contribution in [0.4, 0.5) is 5.82 Å². The van der Waals surface area contributed by atoms with Gasteiger partial charge in [0.2, 0.25) is 5.88 Å². The van der Waals surface area contributed by atoms with Crippen LogP contribution in [0.3, 0.4) is 0 Å². The van der Waals surface area contributed by atoms with E-state index in [0.717, 1.165) is 60.9 Å². The number of unbranched alkanes of at least 4 members (excludes halogenated alkanes) is 1. The Bertz CT molecular complexity index is 1220. The molecule has 0 N–H and O–H groups in total. The van der Waals surface area contributed by atoms with Gasteiger partial charge in [0, 0.05) is 62.9 Å². The lowest BCUT2D eigenvalue weighted by Crippen LogP contribution is -2.37. The standard InChI is InChI=1S/C26H30N6O2/c1-2-3-12-34-26-5-4-21(19-28-26)16-23-29-22(18-25(30-23)32-10-13-33-14-11-32)15-20-6-8-31-9-7-27-24(31)17-20/h4-9,17-19H,2-3,10-16H2,1H3. The maximum Gasteiger partial charge on any atom is 0.213 e. The number of hydrogen-bond donors (Lipinski definition) is 0. The van der Waals surface area contributed by atoms with Crippen molar-refractivity contribution in [1.29, 1.82) is 0 Å². The molecule has 0 spiro atoms. The van der Waals surface area contributed by atoms with E-state index in [2.05, 4.69) is 40.0 Å². The molecule has 1 aliphatic rings. The summed E-state index contributed by atoms with van der Waals surface area (Å²) in [5, 5.41) is 0. The summed E-state index contributed by atoms with van der Waals surface area (Å²) in [6, 6.07) is 10.3. The van der Waals surface area contributed by atoms with Crippen molar-refractivity contribution in [2.45, 2.75) is 32.6 Å². The van der Waals surface area contributed by atoms with Gasteiger partial charge >= 0.3 is 0 Å². The predicted octanol–water partition coefficient (Wildman–Crippen LogP) is 3.72. The zero-order chi connectivity index (χ0) is 23.2. The molecular formula is C26H30N6O2. The van der Waals surface area contributed by atoms with E-state index < -0.39 is 0 Å². The number of imidazole rings is 1. The number of nitrogens with zero attached hydrogens (tertiary/aromatic N) is 6. The van der Waals surface area contributed by atoms with Crippen molar-refractivity contribution in [3.63, 3.8) is 0 Å². The highest BCUT2D eigenvalue weighted by Crippen LogP contribution is 2.19. The van der Waals surface area contributed by atoms with E-state index in [4.69, 9.17) is 19.4 Å². The molecule has 0 bridgehead atoms. The van der Waals surface area contributed by atoms with Crippen molar-refractivity contribution in [1.82, 2.24) is 24.3 Å². The molecule has 0 aromatic carbocycles. The Morgan fingerprint density at radius 2 is 1.88 bits per heavy atom. The van der Waals surface area contributed by atoms with Gasteiger partial charge in [0.05, 0.1) is 25.5 Å². The first-order chi connectivity index (χ1) is 16.8. The van der Waals surface area contributed by atoms with Crippen molar-refractivity contribution in [3.05, 3.63) is 77.8 Å². The number of ether oxygens (including phenoxy) is 2. The monoisotopic (exact) mass is 458 g/mol. The number of anilines is 1. The minimum absolute atomic E-state index is 0.618. The fourth-order valence-corrected chi connectivity index (χ4v) is 4.04. The SMILES string of the molecule is CCCCOc1ccc(Cc2nc(Cc3ccn4ccnc4c3)cc(N3CCOCC3)n2)cn1. The summed E-state index contributed by atoms with van der Waals surface area (Å²) < 4.78 is 13.2. The molecule has 5 rings (SSSR count). The van der Waals surface area contributed by atoms with Gasteiger partial charge in [0.1, 0.15) is 17.3 Å². The van der Waals surface area contributed by atoms with Crippen molar-refractivity contribution in [2.24, 2.45) is 0 Å². The van der Waals surface area contributed by atoms with Gasteiger partial charge in [-0.1, -0.05) is 19.4 Å². The summed E-state index contributed by atoms with van der Waals surface area (Å²) in [6.07, 6.45) is 11.1. The van der Waals surface area contributed by atoms with Crippen LogP contribution in [0.1, 0.15) is 42.4 Å². The first-order valence-electron chi connectivity index (χ1n) is 12.0. The third kappa shape index (κ3) is 5.51. The van der Waals surface area contributed by atoms with Gasteiger partial charge in [-0.15, -0.1) is 0 Å². The maximum atomic E-state index is 5.69. The van der Waals surface area contributed by atoms with Crippen molar-refractivity contribution < 1.29 is 9.47 Å². The van der Waals surface area contributed by atoms with E-state index in [1.807, 2.05) is 41.3 Å². The fraction of sp³-hybridized carbons (Fsp3) is 0.385. The first kappa shape index (κ1) is 22.3. The van der Waals surface area contributed by atoms with Crippen LogP contribution < -0.4 is 9.64 Å². The van der Waals surface area contributed by atoms with E-state index in [-0.39, 0.29) is 0 Å².